The minimum atomic E-state index is -0.405. The van der Waals surface area contributed by atoms with E-state index < -0.39 is 5.82 Å². The third-order valence-corrected chi connectivity index (χ3v) is 2.84. The summed E-state index contributed by atoms with van der Waals surface area (Å²) in [6, 6.07) is 4.08. The summed E-state index contributed by atoms with van der Waals surface area (Å²) in [5, 5.41) is 6.68. The fraction of sp³-hybridized carbons (Fsp3) is 0.182. The van der Waals surface area contributed by atoms with Gasteiger partial charge in [0.15, 0.2) is 5.82 Å². The first-order valence-corrected chi connectivity index (χ1v) is 5.93. The minimum Gasteiger partial charge on any atom is -0.345 e. The Bertz CT molecular complexity index is 584. The molecule has 0 unspecified atom stereocenters. The van der Waals surface area contributed by atoms with Gasteiger partial charge in [0.1, 0.15) is 12.1 Å². The largest absolute Gasteiger partial charge is 0.345 e. The molecular weight excluding hydrogens is 303 g/mol. The topological polar surface area (TPSA) is 59.8 Å². The number of hydrogen-bond acceptors (Lipinski definition) is 3. The van der Waals surface area contributed by atoms with E-state index in [1.54, 1.807) is 18.1 Å². The first-order chi connectivity index (χ1) is 8.56. The van der Waals surface area contributed by atoms with Crippen LogP contribution in [0, 0.1) is 5.82 Å². The number of amides is 1. The molecule has 0 saturated heterocycles. The Kier molecular flexibility index (Phi) is 3.71. The van der Waals surface area contributed by atoms with Gasteiger partial charge in [0, 0.05) is 12.6 Å². The number of benzene rings is 1. The zero-order valence-corrected chi connectivity index (χ0v) is 11.1. The summed E-state index contributed by atoms with van der Waals surface area (Å²) in [5.74, 6) is -0.187. The molecule has 0 aliphatic carbocycles. The van der Waals surface area contributed by atoms with E-state index in [9.17, 15) is 9.18 Å². The molecule has 5 nitrogen and oxygen atoms in total. The van der Waals surface area contributed by atoms with Gasteiger partial charge >= 0.3 is 0 Å². The lowest BCUT2D eigenvalue weighted by atomic mass is 10.2. The Labute approximate surface area is 111 Å². The molecule has 0 bridgehead atoms. The van der Waals surface area contributed by atoms with Crippen LogP contribution in [0.5, 0.6) is 0 Å². The molecule has 2 aromatic rings. The van der Waals surface area contributed by atoms with Gasteiger partial charge < -0.3 is 5.32 Å². The first kappa shape index (κ1) is 12.7. The predicted molar refractivity (Wildman–Crippen MR) is 66.3 cm³/mol. The lowest BCUT2D eigenvalue weighted by Crippen LogP contribution is -2.23. The molecule has 0 atom stereocenters. The second-order valence-electron chi connectivity index (χ2n) is 3.65. The van der Waals surface area contributed by atoms with Crippen LogP contribution in [0.25, 0.3) is 0 Å². The summed E-state index contributed by atoms with van der Waals surface area (Å²) >= 11 is 3.03. The van der Waals surface area contributed by atoms with Crippen LogP contribution in [0.3, 0.4) is 0 Å². The Morgan fingerprint density at radius 2 is 2.33 bits per heavy atom. The highest BCUT2D eigenvalue weighted by Crippen LogP contribution is 2.16. The highest BCUT2D eigenvalue weighted by Gasteiger charge is 2.09. The molecule has 0 aliphatic heterocycles. The van der Waals surface area contributed by atoms with Gasteiger partial charge in [-0.15, -0.1) is 0 Å². The predicted octanol–water partition coefficient (Wildman–Crippen LogP) is 1.65. The average Bonchev–Trinajstić information content (AvgIpc) is 2.75. The van der Waals surface area contributed by atoms with Gasteiger partial charge in [-0.05, 0) is 34.1 Å². The maximum atomic E-state index is 13.0. The number of halogens is 2. The van der Waals surface area contributed by atoms with Gasteiger partial charge in [-0.2, -0.15) is 5.10 Å². The SMILES string of the molecule is Cn1cnc(CNC(=O)c2ccc(F)c(Br)c2)n1. The first-order valence-electron chi connectivity index (χ1n) is 5.14. The standard InChI is InChI=1S/C11H10BrFN4O/c1-17-6-15-10(16-17)5-14-11(18)7-2-3-9(13)8(12)4-7/h2-4,6H,5H2,1H3,(H,14,18). The Morgan fingerprint density at radius 1 is 1.56 bits per heavy atom. The highest BCUT2D eigenvalue weighted by molar-refractivity contribution is 9.10. The van der Waals surface area contributed by atoms with E-state index in [-0.39, 0.29) is 16.9 Å². The number of rotatable bonds is 3. The van der Waals surface area contributed by atoms with Crippen LogP contribution in [0.2, 0.25) is 0 Å². The molecule has 1 aromatic heterocycles. The molecule has 0 saturated carbocycles. The van der Waals surface area contributed by atoms with Crippen molar-refractivity contribution in [2.75, 3.05) is 0 Å². The van der Waals surface area contributed by atoms with Crippen LogP contribution >= 0.6 is 15.9 Å². The van der Waals surface area contributed by atoms with Crippen molar-refractivity contribution in [3.8, 4) is 0 Å². The molecule has 1 aromatic carbocycles. The summed E-state index contributed by atoms with van der Waals surface area (Å²) in [7, 11) is 1.75. The van der Waals surface area contributed by atoms with Gasteiger partial charge in [0.2, 0.25) is 0 Å². The number of aromatic nitrogens is 3. The van der Waals surface area contributed by atoms with E-state index in [1.807, 2.05) is 0 Å². The van der Waals surface area contributed by atoms with Crippen LogP contribution in [-0.4, -0.2) is 20.7 Å². The van der Waals surface area contributed by atoms with E-state index in [1.165, 1.54) is 18.2 Å². The third-order valence-electron chi connectivity index (χ3n) is 2.24. The van der Waals surface area contributed by atoms with Crippen molar-refractivity contribution in [3.63, 3.8) is 0 Å². The van der Waals surface area contributed by atoms with Crippen LogP contribution < -0.4 is 5.32 Å². The molecule has 7 heteroatoms. The summed E-state index contributed by atoms with van der Waals surface area (Å²) < 4.78 is 14.8. The molecule has 0 fully saturated rings. The van der Waals surface area contributed by atoms with Crippen molar-refractivity contribution in [2.45, 2.75) is 6.54 Å². The summed E-state index contributed by atoms with van der Waals surface area (Å²) in [5.41, 5.74) is 0.374. The zero-order chi connectivity index (χ0) is 13.1. The maximum absolute atomic E-state index is 13.0. The lowest BCUT2D eigenvalue weighted by Gasteiger charge is -2.03. The number of carbonyl (C=O) groups is 1. The number of aryl methyl sites for hydroxylation is 1. The second-order valence-corrected chi connectivity index (χ2v) is 4.50. The molecule has 1 heterocycles. The van der Waals surface area contributed by atoms with Gasteiger partial charge in [0.05, 0.1) is 11.0 Å². The number of nitrogens with one attached hydrogen (secondary N) is 1. The van der Waals surface area contributed by atoms with Gasteiger partial charge in [-0.25, -0.2) is 9.37 Å². The quantitative estimate of drug-likeness (QED) is 0.937. The molecule has 0 radical (unpaired) electrons. The van der Waals surface area contributed by atoms with E-state index in [2.05, 4.69) is 31.3 Å². The number of nitrogens with zero attached hydrogens (tertiary/aromatic N) is 3. The molecule has 1 N–H and O–H groups in total. The van der Waals surface area contributed by atoms with Crippen molar-refractivity contribution in [2.24, 2.45) is 7.05 Å². The molecule has 94 valence electrons. The Morgan fingerprint density at radius 3 is 2.94 bits per heavy atom. The number of carbonyl (C=O) groups excluding carboxylic acids is 1. The van der Waals surface area contributed by atoms with Crippen LogP contribution in [0.15, 0.2) is 29.0 Å². The number of hydrogen-bond donors (Lipinski definition) is 1. The van der Waals surface area contributed by atoms with Crippen molar-refractivity contribution in [1.82, 2.24) is 20.1 Å². The molecular formula is C11H10BrFN4O. The normalized spacial score (nSPS) is 10.4. The van der Waals surface area contributed by atoms with Crippen LogP contribution in [0.4, 0.5) is 4.39 Å². The van der Waals surface area contributed by atoms with Crippen molar-refractivity contribution in [1.29, 1.82) is 0 Å². The van der Waals surface area contributed by atoms with E-state index in [4.69, 9.17) is 0 Å². The van der Waals surface area contributed by atoms with Gasteiger partial charge in [0.25, 0.3) is 5.91 Å². The average molecular weight is 313 g/mol. The minimum absolute atomic E-state index is 0.231. The molecule has 1 amide bonds. The molecule has 2 rings (SSSR count). The fourth-order valence-electron chi connectivity index (χ4n) is 1.36. The molecule has 0 aliphatic rings. The Hall–Kier alpha value is -1.76. The highest BCUT2D eigenvalue weighted by atomic mass is 79.9. The summed E-state index contributed by atoms with van der Waals surface area (Å²) in [6.07, 6.45) is 1.55. The fourth-order valence-corrected chi connectivity index (χ4v) is 1.74. The monoisotopic (exact) mass is 312 g/mol. The summed E-state index contributed by atoms with van der Waals surface area (Å²) in [4.78, 5) is 15.8. The summed E-state index contributed by atoms with van der Waals surface area (Å²) in [6.45, 7) is 0.231. The van der Waals surface area contributed by atoms with Gasteiger partial charge in [-0.1, -0.05) is 0 Å². The van der Waals surface area contributed by atoms with Crippen molar-refractivity contribution >= 4 is 21.8 Å². The maximum Gasteiger partial charge on any atom is 0.251 e. The van der Waals surface area contributed by atoms with Crippen LogP contribution in [0.1, 0.15) is 16.2 Å². The smallest absolute Gasteiger partial charge is 0.251 e. The van der Waals surface area contributed by atoms with E-state index in [0.29, 0.717) is 11.4 Å². The van der Waals surface area contributed by atoms with E-state index in [0.717, 1.165) is 0 Å². The van der Waals surface area contributed by atoms with Gasteiger partial charge in [-0.3, -0.25) is 9.48 Å². The van der Waals surface area contributed by atoms with Crippen molar-refractivity contribution < 1.29 is 9.18 Å². The Balaban J connectivity index is 2.01. The van der Waals surface area contributed by atoms with Crippen LogP contribution in [-0.2, 0) is 13.6 Å². The van der Waals surface area contributed by atoms with Crippen molar-refractivity contribution in [3.05, 3.63) is 46.2 Å². The molecule has 18 heavy (non-hydrogen) atoms. The zero-order valence-electron chi connectivity index (χ0n) is 9.52. The third kappa shape index (κ3) is 2.92. The van der Waals surface area contributed by atoms with E-state index >= 15 is 0 Å². The molecule has 0 spiro atoms. The lowest BCUT2D eigenvalue weighted by molar-refractivity contribution is 0.0949. The second kappa shape index (κ2) is 5.26.